The number of nitrogens with two attached hydrogens (primary N) is 1. The molecule has 1 fully saturated rings. The molecule has 1 aliphatic rings. The summed E-state index contributed by atoms with van der Waals surface area (Å²) in [4.78, 5) is 25.4. The van der Waals surface area contributed by atoms with Gasteiger partial charge in [0, 0.05) is 6.20 Å². The van der Waals surface area contributed by atoms with Gasteiger partial charge in [-0.05, 0) is 0 Å². The van der Waals surface area contributed by atoms with Crippen LogP contribution in [0.2, 0.25) is 0 Å². The number of carbonyl (C=O) groups excluding carboxylic acids is 1. The van der Waals surface area contributed by atoms with Crippen molar-refractivity contribution in [3.8, 4) is 0 Å². The average Bonchev–Trinajstić information content (AvgIpc) is 2.93. The molecule has 1 saturated heterocycles. The summed E-state index contributed by atoms with van der Waals surface area (Å²) < 4.78 is 6.24. The molecular weight excluding hydrogens is 288 g/mol. The van der Waals surface area contributed by atoms with Crippen molar-refractivity contribution < 1.29 is 34.8 Å². The molecule has 1 aliphatic heterocycles. The Balaban J connectivity index is 2.37. The second-order valence-corrected chi connectivity index (χ2v) is 4.38. The summed E-state index contributed by atoms with van der Waals surface area (Å²) in [6.07, 6.45) is -4.11. The highest BCUT2D eigenvalue weighted by atomic mass is 16.6. The minimum absolute atomic E-state index is 0.269. The second-order valence-electron chi connectivity index (χ2n) is 4.38. The number of aliphatic hydroxyl groups is 3. The molecule has 0 bridgehead atoms. The highest BCUT2D eigenvalue weighted by Crippen LogP contribution is 2.31. The van der Waals surface area contributed by atoms with Crippen molar-refractivity contribution in [2.24, 2.45) is 5.73 Å². The van der Waals surface area contributed by atoms with Crippen LogP contribution in [0.25, 0.3) is 0 Å². The maximum absolute atomic E-state index is 10.9. The molecule has 4 atom stereocenters. The van der Waals surface area contributed by atoms with E-state index in [0.717, 1.165) is 10.8 Å². The monoisotopic (exact) mass is 302 g/mol. The van der Waals surface area contributed by atoms with Crippen LogP contribution in [-0.4, -0.2) is 66.9 Å². The molecule has 21 heavy (non-hydrogen) atoms. The zero-order chi connectivity index (χ0) is 15.7. The molecule has 2 rings (SSSR count). The maximum Gasteiger partial charge on any atom is 0.356 e. The molecule has 11 nitrogen and oxygen atoms in total. The third-order valence-electron chi connectivity index (χ3n) is 2.98. The first-order chi connectivity index (χ1) is 9.85. The van der Waals surface area contributed by atoms with Gasteiger partial charge >= 0.3 is 12.0 Å². The number of nitrogens with one attached hydrogen (secondary N) is 1. The summed E-state index contributed by atoms with van der Waals surface area (Å²) in [6.45, 7) is -0.548. The van der Waals surface area contributed by atoms with Crippen LogP contribution in [-0.2, 0) is 4.74 Å². The van der Waals surface area contributed by atoms with E-state index in [-0.39, 0.29) is 5.95 Å². The van der Waals surface area contributed by atoms with Gasteiger partial charge in [0.15, 0.2) is 11.9 Å². The van der Waals surface area contributed by atoms with Crippen LogP contribution >= 0.6 is 0 Å². The predicted molar refractivity (Wildman–Crippen MR) is 65.4 cm³/mol. The number of nitrogens with zero attached hydrogens (tertiary/aromatic N) is 2. The Hall–Kier alpha value is -2.21. The lowest BCUT2D eigenvalue weighted by Crippen LogP contribution is -2.33. The van der Waals surface area contributed by atoms with Gasteiger partial charge in [0.2, 0.25) is 5.95 Å². The van der Waals surface area contributed by atoms with Crippen LogP contribution < -0.4 is 11.1 Å². The number of rotatable bonds is 4. The first-order valence-electron chi connectivity index (χ1n) is 5.86. The van der Waals surface area contributed by atoms with Gasteiger partial charge in [0.05, 0.1) is 6.61 Å². The highest BCUT2D eigenvalue weighted by Gasteiger charge is 2.44. The first kappa shape index (κ1) is 15.2. The zero-order valence-corrected chi connectivity index (χ0v) is 10.6. The molecule has 0 radical (unpaired) electrons. The van der Waals surface area contributed by atoms with Crippen LogP contribution in [0.4, 0.5) is 10.7 Å². The number of hydrogen-bond donors (Lipinski definition) is 6. The molecule has 0 unspecified atom stereocenters. The number of primary amides is 1. The standard InChI is InChI=1S/C10H14N4O7/c11-9(20)13-10-12-3(8(18)19)1-14(10)7-6(17)5(16)4(2-15)21-7/h1,4-7,15-17H,2H2,(H,18,19)(H3,11,12,13,20)/t4-,5-,6-,7-/m1/s1. The molecule has 2 amide bonds. The average molecular weight is 302 g/mol. The van der Waals surface area contributed by atoms with Crippen molar-refractivity contribution in [3.63, 3.8) is 0 Å². The van der Waals surface area contributed by atoms with Crippen molar-refractivity contribution in [2.75, 3.05) is 11.9 Å². The summed E-state index contributed by atoms with van der Waals surface area (Å²) in [7, 11) is 0. The topological polar surface area (TPSA) is 180 Å². The van der Waals surface area contributed by atoms with Crippen LogP contribution in [0.15, 0.2) is 6.20 Å². The smallest absolute Gasteiger partial charge is 0.356 e. The zero-order valence-electron chi connectivity index (χ0n) is 10.6. The molecule has 0 aromatic carbocycles. The number of urea groups is 1. The fraction of sp³-hybridized carbons (Fsp3) is 0.500. The number of hydrogen-bond acceptors (Lipinski definition) is 7. The Labute approximate surface area is 117 Å². The SMILES string of the molecule is NC(=O)Nc1nc(C(=O)O)cn1[C@@H]1O[C@H](CO)[C@@H](O)[C@H]1O. The summed E-state index contributed by atoms with van der Waals surface area (Å²) in [5.41, 5.74) is 4.53. The van der Waals surface area contributed by atoms with E-state index < -0.39 is 48.8 Å². The minimum Gasteiger partial charge on any atom is -0.476 e. The number of aromatic nitrogens is 2. The number of amides is 2. The van der Waals surface area contributed by atoms with Crippen LogP contribution in [0.5, 0.6) is 0 Å². The summed E-state index contributed by atoms with van der Waals surface area (Å²) >= 11 is 0. The Bertz CT molecular complexity index is 560. The van der Waals surface area contributed by atoms with Crippen LogP contribution in [0.3, 0.4) is 0 Å². The van der Waals surface area contributed by atoms with E-state index in [4.69, 9.17) is 20.7 Å². The molecule has 2 heterocycles. The maximum atomic E-state index is 10.9. The predicted octanol–water partition coefficient (Wildman–Crippen LogP) is -2.32. The van der Waals surface area contributed by atoms with Gasteiger partial charge in [0.25, 0.3) is 0 Å². The van der Waals surface area contributed by atoms with E-state index in [0.29, 0.717) is 0 Å². The number of aliphatic hydroxyl groups excluding tert-OH is 3. The fourth-order valence-electron chi connectivity index (χ4n) is 2.00. The van der Waals surface area contributed by atoms with Crippen LogP contribution in [0.1, 0.15) is 16.7 Å². The third-order valence-corrected chi connectivity index (χ3v) is 2.98. The molecule has 1 aromatic heterocycles. The molecule has 0 saturated carbocycles. The Morgan fingerprint density at radius 2 is 2.10 bits per heavy atom. The van der Waals surface area contributed by atoms with E-state index in [1.807, 2.05) is 0 Å². The van der Waals surface area contributed by atoms with E-state index in [1.54, 1.807) is 0 Å². The molecule has 116 valence electrons. The van der Waals surface area contributed by atoms with Crippen LogP contribution in [0, 0.1) is 0 Å². The summed E-state index contributed by atoms with van der Waals surface area (Å²) in [5, 5.41) is 39.6. The Kier molecular flexibility index (Phi) is 4.09. The molecule has 1 aromatic rings. The number of carbonyl (C=O) groups is 2. The molecule has 0 aliphatic carbocycles. The number of anilines is 1. The number of aromatic carboxylic acids is 1. The van der Waals surface area contributed by atoms with Crippen molar-refractivity contribution in [3.05, 3.63) is 11.9 Å². The van der Waals surface area contributed by atoms with E-state index >= 15 is 0 Å². The summed E-state index contributed by atoms with van der Waals surface area (Å²) in [6, 6.07) is -0.995. The highest BCUT2D eigenvalue weighted by molar-refractivity contribution is 5.89. The lowest BCUT2D eigenvalue weighted by Gasteiger charge is -2.18. The van der Waals surface area contributed by atoms with Gasteiger partial charge in [-0.3, -0.25) is 9.88 Å². The molecule has 11 heteroatoms. The van der Waals surface area contributed by atoms with Gasteiger partial charge < -0.3 is 30.9 Å². The van der Waals surface area contributed by atoms with Crippen molar-refractivity contribution >= 4 is 17.9 Å². The Morgan fingerprint density at radius 3 is 2.57 bits per heavy atom. The van der Waals surface area contributed by atoms with E-state index in [1.165, 1.54) is 0 Å². The lowest BCUT2D eigenvalue weighted by atomic mass is 10.1. The number of ether oxygens (including phenoxy) is 1. The van der Waals surface area contributed by atoms with Crippen molar-refractivity contribution in [1.82, 2.24) is 9.55 Å². The minimum atomic E-state index is -1.45. The number of carboxylic acid groups (broad SMARTS) is 1. The van der Waals surface area contributed by atoms with Gasteiger partial charge in [-0.25, -0.2) is 14.6 Å². The van der Waals surface area contributed by atoms with Gasteiger partial charge in [0.1, 0.15) is 18.3 Å². The number of carboxylic acids is 1. The van der Waals surface area contributed by atoms with Gasteiger partial charge in [-0.1, -0.05) is 0 Å². The molecule has 0 spiro atoms. The van der Waals surface area contributed by atoms with Crippen molar-refractivity contribution in [1.29, 1.82) is 0 Å². The quantitative estimate of drug-likeness (QED) is 0.358. The molecular formula is C10H14N4O7. The largest absolute Gasteiger partial charge is 0.476 e. The van der Waals surface area contributed by atoms with Crippen molar-refractivity contribution in [2.45, 2.75) is 24.5 Å². The summed E-state index contributed by atoms with van der Waals surface area (Å²) in [5.74, 6) is -1.64. The fourth-order valence-corrected chi connectivity index (χ4v) is 2.00. The van der Waals surface area contributed by atoms with Gasteiger partial charge in [-0.2, -0.15) is 0 Å². The lowest BCUT2D eigenvalue weighted by molar-refractivity contribution is -0.0517. The van der Waals surface area contributed by atoms with E-state index in [2.05, 4.69) is 10.3 Å². The molecule has 7 N–H and O–H groups in total. The van der Waals surface area contributed by atoms with E-state index in [9.17, 15) is 19.8 Å². The normalized spacial score (nSPS) is 28.5. The van der Waals surface area contributed by atoms with Gasteiger partial charge in [-0.15, -0.1) is 0 Å². The first-order valence-corrected chi connectivity index (χ1v) is 5.86. The third kappa shape index (κ3) is 2.80. The number of imidazole rings is 1. The Morgan fingerprint density at radius 1 is 1.43 bits per heavy atom. The second kappa shape index (κ2) is 5.65.